The second kappa shape index (κ2) is 10.0. The van der Waals surface area contributed by atoms with Crippen molar-refractivity contribution < 1.29 is 9.59 Å². The summed E-state index contributed by atoms with van der Waals surface area (Å²) in [4.78, 5) is 23.7. The van der Waals surface area contributed by atoms with Crippen LogP contribution in [0.15, 0.2) is 90.0 Å². The molecule has 1 heterocycles. The summed E-state index contributed by atoms with van der Waals surface area (Å²) >= 11 is 0. The lowest BCUT2D eigenvalue weighted by Gasteiger charge is -2.11. The zero-order chi connectivity index (χ0) is 24.1. The number of hydrazone groups is 1. The molecule has 0 spiro atoms. The number of hydrogen-bond donors (Lipinski definition) is 2. The Morgan fingerprint density at radius 2 is 1.56 bits per heavy atom. The number of nitrogens with one attached hydrogen (secondary N) is 2. The topological polar surface area (TPSA) is 75.5 Å². The molecule has 0 bridgehead atoms. The lowest BCUT2D eigenvalue weighted by molar-refractivity contribution is -0.114. The quantitative estimate of drug-likeness (QED) is 0.301. The minimum atomic E-state index is -0.353. The first-order valence-corrected chi connectivity index (χ1v) is 11.0. The minimum Gasteiger partial charge on any atom is -0.326 e. The average molecular weight is 451 g/mol. The van der Waals surface area contributed by atoms with Gasteiger partial charge in [-0.2, -0.15) is 5.10 Å². The van der Waals surface area contributed by atoms with Gasteiger partial charge in [0.15, 0.2) is 0 Å². The monoisotopic (exact) mass is 450 g/mol. The van der Waals surface area contributed by atoms with E-state index in [4.69, 9.17) is 0 Å². The van der Waals surface area contributed by atoms with E-state index in [0.717, 1.165) is 22.6 Å². The molecule has 170 valence electrons. The Kier molecular flexibility index (Phi) is 6.69. The molecular weight excluding hydrogens is 424 g/mol. The smallest absolute Gasteiger partial charge is 0.271 e. The van der Waals surface area contributed by atoms with Crippen molar-refractivity contribution in [2.75, 3.05) is 5.32 Å². The van der Waals surface area contributed by atoms with Crippen LogP contribution in [0.5, 0.6) is 0 Å². The molecule has 2 amide bonds. The van der Waals surface area contributed by atoms with Crippen molar-refractivity contribution in [3.63, 3.8) is 0 Å². The summed E-state index contributed by atoms with van der Waals surface area (Å²) in [5.74, 6) is -0.547. The summed E-state index contributed by atoms with van der Waals surface area (Å²) < 4.78 is 2.16. The molecule has 0 unspecified atom stereocenters. The van der Waals surface area contributed by atoms with E-state index in [2.05, 4.69) is 56.8 Å². The van der Waals surface area contributed by atoms with Crippen molar-refractivity contribution in [3.05, 3.63) is 107 Å². The molecule has 4 aromatic rings. The number of benzene rings is 3. The van der Waals surface area contributed by atoms with Gasteiger partial charge in [0, 0.05) is 40.8 Å². The van der Waals surface area contributed by atoms with Gasteiger partial charge in [-0.1, -0.05) is 48.5 Å². The molecule has 0 saturated heterocycles. The molecule has 0 aliphatic heterocycles. The summed E-state index contributed by atoms with van der Waals surface area (Å²) in [7, 11) is 0. The van der Waals surface area contributed by atoms with Crippen molar-refractivity contribution in [2.45, 2.75) is 20.8 Å². The second-order valence-electron chi connectivity index (χ2n) is 8.04. The Morgan fingerprint density at radius 1 is 0.853 bits per heavy atom. The fourth-order valence-electron chi connectivity index (χ4n) is 3.92. The Labute approximate surface area is 198 Å². The maximum atomic E-state index is 12.5. The summed E-state index contributed by atoms with van der Waals surface area (Å²) in [6, 6.07) is 27.5. The van der Waals surface area contributed by atoms with Crippen molar-refractivity contribution in [1.29, 1.82) is 0 Å². The summed E-state index contributed by atoms with van der Waals surface area (Å²) in [6.45, 7) is 5.49. The van der Waals surface area contributed by atoms with Crippen molar-refractivity contribution in [2.24, 2.45) is 5.10 Å². The van der Waals surface area contributed by atoms with Gasteiger partial charge in [-0.15, -0.1) is 0 Å². The number of nitrogens with zero attached hydrogens (tertiary/aromatic N) is 2. The third kappa shape index (κ3) is 5.13. The van der Waals surface area contributed by atoms with Crippen LogP contribution in [0.25, 0.3) is 16.8 Å². The fourth-order valence-corrected chi connectivity index (χ4v) is 3.92. The standard InChI is InChI=1S/C28H26N4O2/c1-19-16-25(18-29-31-28(34)24-10-7-11-26(17-24)30-21(3)33)20(2)32(19)27-14-12-23(13-15-27)22-8-5-4-6-9-22/h4-18H,1-3H3,(H,30,33)(H,31,34)/b29-18-. The van der Waals surface area contributed by atoms with E-state index in [-0.39, 0.29) is 11.8 Å². The van der Waals surface area contributed by atoms with Gasteiger partial charge in [0.1, 0.15) is 0 Å². The second-order valence-corrected chi connectivity index (χ2v) is 8.04. The highest BCUT2D eigenvalue weighted by Gasteiger charge is 2.10. The Hall–Kier alpha value is -4.45. The molecule has 0 saturated carbocycles. The maximum Gasteiger partial charge on any atom is 0.271 e. The van der Waals surface area contributed by atoms with Crippen LogP contribution in [0.2, 0.25) is 0 Å². The van der Waals surface area contributed by atoms with Gasteiger partial charge in [-0.3, -0.25) is 9.59 Å². The Morgan fingerprint density at radius 3 is 2.26 bits per heavy atom. The lowest BCUT2D eigenvalue weighted by atomic mass is 10.1. The zero-order valence-corrected chi connectivity index (χ0v) is 19.4. The van der Waals surface area contributed by atoms with Gasteiger partial charge >= 0.3 is 0 Å². The largest absolute Gasteiger partial charge is 0.326 e. The molecule has 0 radical (unpaired) electrons. The highest BCUT2D eigenvalue weighted by Crippen LogP contribution is 2.24. The van der Waals surface area contributed by atoms with Crippen LogP contribution in [0.3, 0.4) is 0 Å². The number of hydrogen-bond acceptors (Lipinski definition) is 3. The number of anilines is 1. The minimum absolute atomic E-state index is 0.194. The molecule has 0 aliphatic carbocycles. The van der Waals surface area contributed by atoms with E-state index in [1.54, 1.807) is 30.5 Å². The number of rotatable bonds is 6. The lowest BCUT2D eigenvalue weighted by Crippen LogP contribution is -2.18. The molecule has 34 heavy (non-hydrogen) atoms. The first kappa shape index (κ1) is 22.7. The number of amides is 2. The number of carbonyl (C=O) groups excluding carboxylic acids is 2. The number of aromatic nitrogens is 1. The first-order chi connectivity index (χ1) is 16.4. The summed E-state index contributed by atoms with van der Waals surface area (Å²) in [6.07, 6.45) is 1.65. The van der Waals surface area contributed by atoms with Gasteiger partial charge in [0.05, 0.1) is 6.21 Å². The highest BCUT2D eigenvalue weighted by molar-refractivity contribution is 5.97. The average Bonchev–Trinajstić information content (AvgIpc) is 3.12. The molecule has 0 fully saturated rings. The van der Waals surface area contributed by atoms with Crippen LogP contribution in [0.1, 0.15) is 34.2 Å². The molecule has 3 aromatic carbocycles. The third-order valence-electron chi connectivity index (χ3n) is 5.52. The van der Waals surface area contributed by atoms with Gasteiger partial charge in [-0.05, 0) is 61.4 Å². The summed E-state index contributed by atoms with van der Waals surface area (Å²) in [5, 5.41) is 6.81. The SMILES string of the molecule is CC(=O)Nc1cccc(C(=O)N/N=C\c2cc(C)n(-c3ccc(-c4ccccc4)cc3)c2C)c1. The van der Waals surface area contributed by atoms with E-state index in [9.17, 15) is 9.59 Å². The van der Waals surface area contributed by atoms with Crippen molar-refractivity contribution >= 4 is 23.7 Å². The summed E-state index contributed by atoms with van der Waals surface area (Å²) in [5.41, 5.74) is 9.95. The predicted octanol–water partition coefficient (Wildman–Crippen LogP) is 5.48. The van der Waals surface area contributed by atoms with Crippen LogP contribution in [0, 0.1) is 13.8 Å². The number of aryl methyl sites for hydroxylation is 1. The van der Waals surface area contributed by atoms with Gasteiger partial charge < -0.3 is 9.88 Å². The molecular formula is C28H26N4O2. The first-order valence-electron chi connectivity index (χ1n) is 11.0. The van der Waals surface area contributed by atoms with Gasteiger partial charge in [0.2, 0.25) is 5.91 Å². The normalized spacial score (nSPS) is 10.9. The molecule has 1 aromatic heterocycles. The van der Waals surface area contributed by atoms with Crippen molar-refractivity contribution in [3.8, 4) is 16.8 Å². The predicted molar refractivity (Wildman–Crippen MR) is 136 cm³/mol. The van der Waals surface area contributed by atoms with Crippen molar-refractivity contribution in [1.82, 2.24) is 9.99 Å². The van der Waals surface area contributed by atoms with Crippen LogP contribution >= 0.6 is 0 Å². The van der Waals surface area contributed by atoms with Crippen LogP contribution in [0.4, 0.5) is 5.69 Å². The van der Waals surface area contributed by atoms with E-state index < -0.39 is 0 Å². The molecule has 6 heteroatoms. The molecule has 6 nitrogen and oxygen atoms in total. The molecule has 0 atom stereocenters. The Bertz CT molecular complexity index is 1350. The maximum absolute atomic E-state index is 12.5. The van der Waals surface area contributed by atoms with Crippen LogP contribution < -0.4 is 10.7 Å². The third-order valence-corrected chi connectivity index (χ3v) is 5.52. The van der Waals surface area contributed by atoms with E-state index >= 15 is 0 Å². The van der Waals surface area contributed by atoms with E-state index in [1.165, 1.54) is 18.1 Å². The fraction of sp³-hybridized carbons (Fsp3) is 0.107. The van der Waals surface area contributed by atoms with Crippen LogP contribution in [-0.2, 0) is 4.79 Å². The molecule has 2 N–H and O–H groups in total. The van der Waals surface area contributed by atoms with E-state index in [1.807, 2.05) is 38.1 Å². The zero-order valence-electron chi connectivity index (χ0n) is 19.4. The highest BCUT2D eigenvalue weighted by atomic mass is 16.2. The van der Waals surface area contributed by atoms with Crippen LogP contribution in [-0.4, -0.2) is 22.6 Å². The molecule has 4 rings (SSSR count). The van der Waals surface area contributed by atoms with E-state index in [0.29, 0.717) is 11.3 Å². The van der Waals surface area contributed by atoms with Gasteiger partial charge in [-0.25, -0.2) is 5.43 Å². The molecule has 0 aliphatic rings. The number of carbonyl (C=O) groups is 2. The van der Waals surface area contributed by atoms with Gasteiger partial charge in [0.25, 0.3) is 5.91 Å². The Balaban J connectivity index is 1.48.